The summed E-state index contributed by atoms with van der Waals surface area (Å²) in [5.41, 5.74) is 14.8. The van der Waals surface area contributed by atoms with Crippen molar-refractivity contribution in [2.24, 2.45) is 22.4 Å². The molecule has 1 aliphatic carbocycles. The molecule has 3 aromatic carbocycles. The quantitative estimate of drug-likeness (QED) is 0.118. The number of amides is 1. The number of rotatable bonds is 10. The smallest absolute Gasteiger partial charge is 0.343 e. The number of carboxylic acid groups (broad SMARTS) is 2. The maximum Gasteiger partial charge on any atom is 0.343 e. The molecule has 4 rings (SSSR count). The van der Waals surface area contributed by atoms with Crippen LogP contribution in [0.25, 0.3) is 0 Å². The molecule has 1 aliphatic rings. The highest BCUT2D eigenvalue weighted by Crippen LogP contribution is 2.30. The zero-order valence-electron chi connectivity index (χ0n) is 22.6. The summed E-state index contributed by atoms with van der Waals surface area (Å²) in [6, 6.07) is 18.3. The number of halogens is 1. The summed E-state index contributed by atoms with van der Waals surface area (Å²) >= 11 is 0. The predicted molar refractivity (Wildman–Crippen MR) is 157 cm³/mol. The van der Waals surface area contributed by atoms with Gasteiger partial charge in [-0.25, -0.2) is 9.79 Å². The number of carboxylic acids is 2. The van der Waals surface area contributed by atoms with Gasteiger partial charge in [0.25, 0.3) is 0 Å². The van der Waals surface area contributed by atoms with E-state index in [4.69, 9.17) is 21.3 Å². The molecule has 3 aromatic rings. The number of ether oxygens (including phenoxy) is 1. The Balaban J connectivity index is 0.00000484. The Kier molecular flexibility index (Phi) is 10.6. The van der Waals surface area contributed by atoms with Gasteiger partial charge in [-0.1, -0.05) is 30.3 Å². The van der Waals surface area contributed by atoms with Crippen molar-refractivity contribution >= 4 is 47.9 Å². The molecule has 12 heteroatoms. The Morgan fingerprint density at radius 1 is 0.881 bits per heavy atom. The predicted octanol–water partition coefficient (Wildman–Crippen LogP) is 3.08. The fourth-order valence-electron chi connectivity index (χ4n) is 4.78. The fraction of sp³-hybridized carbons (Fsp3) is 0.233. The number of aliphatic carboxylic acids is 2. The Morgan fingerprint density at radius 2 is 1.55 bits per heavy atom. The van der Waals surface area contributed by atoms with Crippen LogP contribution in [-0.2, 0) is 40.2 Å². The molecule has 1 amide bonds. The summed E-state index contributed by atoms with van der Waals surface area (Å²) in [5.74, 6) is -2.96. The van der Waals surface area contributed by atoms with Crippen molar-refractivity contribution in [3.63, 3.8) is 0 Å². The van der Waals surface area contributed by atoms with Gasteiger partial charge in [0, 0.05) is 12.5 Å². The molecule has 0 bridgehead atoms. The number of aryl methyl sites for hydroxylation is 1. The molecule has 11 nitrogen and oxygen atoms in total. The number of nitrogens with two attached hydrogens (primary N) is 2. The molecule has 0 saturated carbocycles. The summed E-state index contributed by atoms with van der Waals surface area (Å²) in [6.45, 7) is -0.343. The number of guanidine groups is 1. The Labute approximate surface area is 248 Å². The van der Waals surface area contributed by atoms with Gasteiger partial charge in [0.15, 0.2) is 5.96 Å². The molecular formula is C30H31ClN4O7. The lowest BCUT2D eigenvalue weighted by Crippen LogP contribution is -2.41. The van der Waals surface area contributed by atoms with Gasteiger partial charge >= 0.3 is 17.9 Å². The largest absolute Gasteiger partial charge is 0.481 e. The molecule has 0 spiro atoms. The number of esters is 1. The maximum atomic E-state index is 13.4. The van der Waals surface area contributed by atoms with E-state index in [1.165, 1.54) is 4.90 Å². The summed E-state index contributed by atoms with van der Waals surface area (Å²) in [7, 11) is 0. The van der Waals surface area contributed by atoms with Gasteiger partial charge in [0.1, 0.15) is 12.3 Å². The Hall–Kier alpha value is -4.90. The van der Waals surface area contributed by atoms with E-state index >= 15 is 0 Å². The van der Waals surface area contributed by atoms with Crippen LogP contribution in [0.4, 0.5) is 5.69 Å². The molecule has 0 saturated heterocycles. The molecular weight excluding hydrogens is 564 g/mol. The van der Waals surface area contributed by atoms with Crippen LogP contribution in [0.15, 0.2) is 71.7 Å². The molecule has 0 heterocycles. The number of carbonyl (C=O) groups is 4. The van der Waals surface area contributed by atoms with Gasteiger partial charge in [0.05, 0.1) is 17.7 Å². The van der Waals surface area contributed by atoms with Crippen LogP contribution in [0.1, 0.15) is 39.0 Å². The molecule has 1 atom stereocenters. The first-order valence-electron chi connectivity index (χ1n) is 12.9. The molecule has 0 aromatic heterocycles. The zero-order chi connectivity index (χ0) is 29.5. The van der Waals surface area contributed by atoms with Gasteiger partial charge in [0.2, 0.25) is 5.91 Å². The van der Waals surface area contributed by atoms with Crippen molar-refractivity contribution in [2.45, 2.75) is 32.2 Å². The van der Waals surface area contributed by atoms with E-state index in [0.717, 1.165) is 11.1 Å². The average Bonchev–Trinajstić information content (AvgIpc) is 2.92. The Morgan fingerprint density at radius 3 is 2.17 bits per heavy atom. The highest BCUT2D eigenvalue weighted by atomic mass is 35.5. The summed E-state index contributed by atoms with van der Waals surface area (Å²) < 4.78 is 5.54. The van der Waals surface area contributed by atoms with Crippen LogP contribution in [0.2, 0.25) is 0 Å². The lowest BCUT2D eigenvalue weighted by molar-refractivity contribution is -0.147. The van der Waals surface area contributed by atoms with E-state index in [1.54, 1.807) is 60.7 Å². The lowest BCUT2D eigenvalue weighted by Gasteiger charge is -2.30. The SMILES string of the molecule is Cl.NC(N)=Nc1ccc(C(=O)Oc2ccc3c(c2)CCC(C(=O)N(CC(=O)O)Cc2ccc(CC(=O)O)cc2)C3)cc1. The second-order valence-corrected chi connectivity index (χ2v) is 9.82. The number of nitrogens with zero attached hydrogens (tertiary/aromatic N) is 2. The number of fused-ring (bicyclic) bond motifs is 1. The van der Waals surface area contributed by atoms with E-state index in [0.29, 0.717) is 47.4 Å². The van der Waals surface area contributed by atoms with E-state index in [9.17, 15) is 24.3 Å². The summed E-state index contributed by atoms with van der Waals surface area (Å²) in [4.78, 5) is 53.7. The van der Waals surface area contributed by atoms with E-state index in [1.807, 2.05) is 6.07 Å². The number of hydrogen-bond donors (Lipinski definition) is 4. The van der Waals surface area contributed by atoms with E-state index < -0.39 is 30.4 Å². The standard InChI is InChI=1S/C30H30N4O7.ClH/c31-30(32)33-24-10-7-20(8-11-24)29(40)41-25-12-9-21-14-23(6-5-22(21)15-25)28(39)34(17-27(37)38)16-19-3-1-18(2-4-19)13-26(35)36;/h1-4,7-12,15,23H,5-6,13-14,16-17H2,(H,35,36)(H,37,38)(H4,31,32,33);1H. The van der Waals surface area contributed by atoms with Crippen molar-refractivity contribution in [3.05, 3.63) is 94.5 Å². The number of benzene rings is 3. The van der Waals surface area contributed by atoms with Gasteiger partial charge < -0.3 is 31.3 Å². The fourth-order valence-corrected chi connectivity index (χ4v) is 4.78. The van der Waals surface area contributed by atoms with Crippen LogP contribution in [0, 0.1) is 5.92 Å². The topological polar surface area (TPSA) is 186 Å². The number of carbonyl (C=O) groups excluding carboxylic acids is 2. The Bertz CT molecular complexity index is 1490. The lowest BCUT2D eigenvalue weighted by atomic mass is 9.83. The second-order valence-electron chi connectivity index (χ2n) is 9.82. The van der Waals surface area contributed by atoms with Crippen molar-refractivity contribution < 1.29 is 34.1 Å². The van der Waals surface area contributed by atoms with Crippen LogP contribution in [0.5, 0.6) is 5.75 Å². The molecule has 1 unspecified atom stereocenters. The summed E-state index contributed by atoms with van der Waals surface area (Å²) in [6.07, 6.45) is 1.40. The van der Waals surface area contributed by atoms with Gasteiger partial charge in [-0.15, -0.1) is 12.4 Å². The third-order valence-electron chi connectivity index (χ3n) is 6.72. The molecule has 0 radical (unpaired) electrons. The van der Waals surface area contributed by atoms with Crippen LogP contribution in [-0.4, -0.2) is 51.4 Å². The van der Waals surface area contributed by atoms with E-state index in [2.05, 4.69) is 4.99 Å². The maximum absolute atomic E-state index is 13.4. The van der Waals surface area contributed by atoms with Gasteiger partial charge in [-0.2, -0.15) is 0 Å². The third kappa shape index (κ3) is 8.55. The minimum Gasteiger partial charge on any atom is -0.481 e. The first-order chi connectivity index (χ1) is 19.6. The number of aliphatic imine (C=N–C) groups is 1. The highest BCUT2D eigenvalue weighted by molar-refractivity contribution is 5.91. The molecule has 6 N–H and O–H groups in total. The zero-order valence-corrected chi connectivity index (χ0v) is 23.4. The first kappa shape index (κ1) is 31.6. The highest BCUT2D eigenvalue weighted by Gasteiger charge is 2.30. The normalized spacial score (nSPS) is 13.6. The number of hydrogen-bond acceptors (Lipinski definition) is 6. The van der Waals surface area contributed by atoms with E-state index in [-0.39, 0.29) is 37.2 Å². The average molecular weight is 595 g/mol. The molecule has 42 heavy (non-hydrogen) atoms. The summed E-state index contributed by atoms with van der Waals surface area (Å²) in [5, 5.41) is 18.4. The van der Waals surface area contributed by atoms with Crippen molar-refractivity contribution in [1.82, 2.24) is 4.90 Å². The second kappa shape index (κ2) is 14.1. The minimum atomic E-state index is -1.12. The molecule has 220 valence electrons. The van der Waals surface area contributed by atoms with Crippen molar-refractivity contribution in [1.29, 1.82) is 0 Å². The van der Waals surface area contributed by atoms with Crippen LogP contribution >= 0.6 is 12.4 Å². The monoisotopic (exact) mass is 594 g/mol. The molecule has 0 aliphatic heterocycles. The third-order valence-corrected chi connectivity index (χ3v) is 6.72. The van der Waals surface area contributed by atoms with Crippen LogP contribution < -0.4 is 16.2 Å². The van der Waals surface area contributed by atoms with Crippen LogP contribution in [0.3, 0.4) is 0 Å². The van der Waals surface area contributed by atoms with Crippen molar-refractivity contribution in [3.8, 4) is 5.75 Å². The minimum absolute atomic E-state index is 0. The first-order valence-corrected chi connectivity index (χ1v) is 12.9. The molecule has 0 fully saturated rings. The van der Waals surface area contributed by atoms with Gasteiger partial charge in [-0.05, 0) is 77.9 Å². The van der Waals surface area contributed by atoms with Gasteiger partial charge in [-0.3, -0.25) is 14.4 Å². The van der Waals surface area contributed by atoms with Crippen molar-refractivity contribution in [2.75, 3.05) is 6.54 Å².